The number of ether oxygens (including phenoxy) is 1. The molecule has 150 valence electrons. The second kappa shape index (κ2) is 8.05. The second-order valence-corrected chi connectivity index (χ2v) is 7.27. The van der Waals surface area contributed by atoms with Gasteiger partial charge in [0.05, 0.1) is 23.4 Å². The molecule has 3 aromatic carbocycles. The third kappa shape index (κ3) is 3.55. The molecule has 0 unspecified atom stereocenters. The highest BCUT2D eigenvalue weighted by Crippen LogP contribution is 2.36. The van der Waals surface area contributed by atoms with E-state index in [1.807, 2.05) is 31.2 Å². The maximum atomic E-state index is 13.4. The fourth-order valence-corrected chi connectivity index (χ4v) is 3.52. The maximum Gasteiger partial charge on any atom is 0.282 e. The van der Waals surface area contributed by atoms with Crippen LogP contribution in [-0.4, -0.2) is 18.9 Å². The normalized spacial score (nSPS) is 13.8. The Morgan fingerprint density at radius 1 is 0.867 bits per heavy atom. The first-order valence-corrected chi connectivity index (χ1v) is 9.73. The molecule has 2 amide bonds. The number of para-hydroxylation sites is 1. The Morgan fingerprint density at radius 3 is 2.17 bits per heavy atom. The van der Waals surface area contributed by atoms with E-state index in [2.05, 4.69) is 5.32 Å². The summed E-state index contributed by atoms with van der Waals surface area (Å²) < 4.78 is 5.18. The molecule has 0 radical (unpaired) electrons. The van der Waals surface area contributed by atoms with Crippen molar-refractivity contribution in [2.75, 3.05) is 17.3 Å². The van der Waals surface area contributed by atoms with Crippen LogP contribution < -0.4 is 15.0 Å². The minimum absolute atomic E-state index is 0.203. The summed E-state index contributed by atoms with van der Waals surface area (Å²) in [4.78, 5) is 27.8. The zero-order valence-corrected chi connectivity index (χ0v) is 17.2. The molecule has 0 spiro atoms. The summed E-state index contributed by atoms with van der Waals surface area (Å²) in [6.45, 7) is 1.96. The smallest absolute Gasteiger partial charge is 0.282 e. The van der Waals surface area contributed by atoms with Crippen molar-refractivity contribution in [3.05, 3.63) is 94.6 Å². The Labute approximate surface area is 179 Å². The number of rotatable bonds is 5. The van der Waals surface area contributed by atoms with Gasteiger partial charge in [0.15, 0.2) is 0 Å². The van der Waals surface area contributed by atoms with Crippen molar-refractivity contribution in [1.29, 1.82) is 0 Å². The molecule has 1 aliphatic rings. The number of anilines is 2. The molecule has 4 rings (SSSR count). The molecule has 0 bridgehead atoms. The van der Waals surface area contributed by atoms with Gasteiger partial charge in [0, 0.05) is 5.69 Å². The molecule has 30 heavy (non-hydrogen) atoms. The molecule has 6 heteroatoms. The summed E-state index contributed by atoms with van der Waals surface area (Å²) in [5.41, 5.74) is 3.24. The van der Waals surface area contributed by atoms with Crippen LogP contribution in [0.15, 0.2) is 78.5 Å². The number of nitrogens with one attached hydrogen (secondary N) is 1. The van der Waals surface area contributed by atoms with Gasteiger partial charge in [-0.25, -0.2) is 4.90 Å². The van der Waals surface area contributed by atoms with Crippen LogP contribution >= 0.6 is 11.6 Å². The van der Waals surface area contributed by atoms with E-state index in [9.17, 15) is 9.59 Å². The van der Waals surface area contributed by atoms with Crippen molar-refractivity contribution in [2.45, 2.75) is 6.92 Å². The van der Waals surface area contributed by atoms with E-state index < -0.39 is 11.8 Å². The Kier molecular flexibility index (Phi) is 5.29. The predicted molar refractivity (Wildman–Crippen MR) is 119 cm³/mol. The standard InChI is InChI=1S/C24H19ClN2O3/c1-15-7-9-16(10-8-15)21-22(26-17-11-13-18(30-2)14-12-17)24(29)27(23(21)28)20-6-4-3-5-19(20)25/h3-14,26H,1-2H3. The Hall–Kier alpha value is -3.57. The van der Waals surface area contributed by atoms with Gasteiger partial charge in [-0.15, -0.1) is 0 Å². The van der Waals surface area contributed by atoms with Crippen LogP contribution in [0, 0.1) is 6.92 Å². The van der Waals surface area contributed by atoms with Gasteiger partial charge in [-0.1, -0.05) is 53.6 Å². The van der Waals surface area contributed by atoms with Crippen molar-refractivity contribution in [1.82, 2.24) is 0 Å². The number of hydrogen-bond donors (Lipinski definition) is 1. The van der Waals surface area contributed by atoms with Gasteiger partial charge in [0.25, 0.3) is 11.8 Å². The maximum absolute atomic E-state index is 13.4. The first-order chi connectivity index (χ1) is 14.5. The molecule has 0 aromatic heterocycles. The highest BCUT2D eigenvalue weighted by molar-refractivity contribution is 6.48. The van der Waals surface area contributed by atoms with Gasteiger partial charge in [0.2, 0.25) is 0 Å². The van der Waals surface area contributed by atoms with Crippen molar-refractivity contribution in [3.8, 4) is 5.75 Å². The molecule has 3 aromatic rings. The number of hydrogen-bond acceptors (Lipinski definition) is 4. The molecular formula is C24H19ClN2O3. The van der Waals surface area contributed by atoms with E-state index in [0.717, 1.165) is 10.5 Å². The van der Waals surface area contributed by atoms with Crippen LogP contribution in [-0.2, 0) is 9.59 Å². The van der Waals surface area contributed by atoms with Crippen LogP contribution in [0.3, 0.4) is 0 Å². The van der Waals surface area contributed by atoms with Crippen LogP contribution in [0.5, 0.6) is 5.75 Å². The molecule has 0 saturated carbocycles. The SMILES string of the molecule is COc1ccc(NC2=C(c3ccc(C)cc3)C(=O)N(c3ccccc3Cl)C2=O)cc1. The van der Waals surface area contributed by atoms with E-state index in [0.29, 0.717) is 33.3 Å². The quantitative estimate of drug-likeness (QED) is 0.589. The second-order valence-electron chi connectivity index (χ2n) is 6.87. The average Bonchev–Trinajstić information content (AvgIpc) is 2.99. The predicted octanol–water partition coefficient (Wildman–Crippen LogP) is 5.05. The Morgan fingerprint density at radius 2 is 1.53 bits per heavy atom. The van der Waals surface area contributed by atoms with Gasteiger partial charge in [-0.2, -0.15) is 0 Å². The zero-order chi connectivity index (χ0) is 21.3. The van der Waals surface area contributed by atoms with Crippen LogP contribution in [0.4, 0.5) is 11.4 Å². The van der Waals surface area contributed by atoms with E-state index in [1.165, 1.54) is 0 Å². The monoisotopic (exact) mass is 418 g/mol. The van der Waals surface area contributed by atoms with Crippen LogP contribution in [0.1, 0.15) is 11.1 Å². The number of imide groups is 1. The van der Waals surface area contributed by atoms with E-state index in [1.54, 1.807) is 55.6 Å². The molecular weight excluding hydrogens is 400 g/mol. The van der Waals surface area contributed by atoms with Gasteiger partial charge >= 0.3 is 0 Å². The van der Waals surface area contributed by atoms with Gasteiger partial charge in [0.1, 0.15) is 11.4 Å². The Balaban J connectivity index is 1.81. The topological polar surface area (TPSA) is 58.6 Å². The summed E-state index contributed by atoms with van der Waals surface area (Å²) in [5, 5.41) is 3.45. The fraction of sp³-hybridized carbons (Fsp3) is 0.0833. The first-order valence-electron chi connectivity index (χ1n) is 9.35. The lowest BCUT2D eigenvalue weighted by molar-refractivity contribution is -0.120. The van der Waals surface area contributed by atoms with E-state index in [4.69, 9.17) is 16.3 Å². The minimum atomic E-state index is -0.459. The number of halogens is 1. The summed E-state index contributed by atoms with van der Waals surface area (Å²) in [6, 6.07) is 21.4. The Bertz CT molecular complexity index is 1150. The minimum Gasteiger partial charge on any atom is -0.497 e. The molecule has 1 N–H and O–H groups in total. The first kappa shape index (κ1) is 19.7. The summed E-state index contributed by atoms with van der Waals surface area (Å²) >= 11 is 6.29. The van der Waals surface area contributed by atoms with Gasteiger partial charge in [-0.05, 0) is 48.9 Å². The molecule has 1 aliphatic heterocycles. The van der Waals surface area contributed by atoms with E-state index in [-0.39, 0.29) is 5.70 Å². The highest BCUT2D eigenvalue weighted by atomic mass is 35.5. The van der Waals surface area contributed by atoms with E-state index >= 15 is 0 Å². The number of carbonyl (C=O) groups is 2. The fourth-order valence-electron chi connectivity index (χ4n) is 3.30. The van der Waals surface area contributed by atoms with Crippen molar-refractivity contribution < 1.29 is 14.3 Å². The molecule has 5 nitrogen and oxygen atoms in total. The lowest BCUT2D eigenvalue weighted by atomic mass is 10.0. The lowest BCUT2D eigenvalue weighted by Crippen LogP contribution is -2.32. The number of carbonyl (C=O) groups excluding carboxylic acids is 2. The van der Waals surface area contributed by atoms with Crippen molar-refractivity contribution >= 4 is 40.4 Å². The highest BCUT2D eigenvalue weighted by Gasteiger charge is 2.41. The average molecular weight is 419 g/mol. The number of nitrogens with zero attached hydrogens (tertiary/aromatic N) is 1. The molecule has 0 fully saturated rings. The molecule has 0 saturated heterocycles. The van der Waals surface area contributed by atoms with Gasteiger partial charge < -0.3 is 10.1 Å². The summed E-state index contributed by atoms with van der Waals surface area (Å²) in [7, 11) is 1.58. The number of methoxy groups -OCH3 is 1. The summed E-state index contributed by atoms with van der Waals surface area (Å²) in [6.07, 6.45) is 0. The lowest BCUT2D eigenvalue weighted by Gasteiger charge is -2.16. The number of aryl methyl sites for hydroxylation is 1. The summed E-state index contributed by atoms with van der Waals surface area (Å²) in [5.74, 6) is -0.188. The molecule has 0 atom stereocenters. The third-order valence-corrected chi connectivity index (χ3v) is 5.20. The van der Waals surface area contributed by atoms with Crippen molar-refractivity contribution in [3.63, 3.8) is 0 Å². The van der Waals surface area contributed by atoms with Crippen LogP contribution in [0.2, 0.25) is 5.02 Å². The number of benzene rings is 3. The van der Waals surface area contributed by atoms with Crippen molar-refractivity contribution in [2.24, 2.45) is 0 Å². The third-order valence-electron chi connectivity index (χ3n) is 4.88. The van der Waals surface area contributed by atoms with Gasteiger partial charge in [-0.3, -0.25) is 9.59 Å². The number of amides is 2. The van der Waals surface area contributed by atoms with Crippen LogP contribution in [0.25, 0.3) is 5.57 Å². The zero-order valence-electron chi connectivity index (χ0n) is 16.5. The molecule has 1 heterocycles. The largest absolute Gasteiger partial charge is 0.497 e. The molecule has 0 aliphatic carbocycles.